The molecule has 0 bridgehead atoms. The molecule has 1 amide bonds. The predicted octanol–water partition coefficient (Wildman–Crippen LogP) is 4.08. The largest absolute Gasteiger partial charge is 0.444 e. The van der Waals surface area contributed by atoms with Crippen LogP contribution in [0.25, 0.3) is 0 Å². The third-order valence-corrected chi connectivity index (χ3v) is 4.76. The van der Waals surface area contributed by atoms with Crippen molar-refractivity contribution in [2.45, 2.75) is 44.2 Å². The average molecular weight is 373 g/mol. The highest BCUT2D eigenvalue weighted by Gasteiger charge is 2.28. The maximum absolute atomic E-state index is 12.8. The molecular formula is C20H21ClN2O3. The second kappa shape index (κ2) is 8.81. The zero-order chi connectivity index (χ0) is 18.4. The Morgan fingerprint density at radius 1 is 1.04 bits per heavy atom. The number of aromatic nitrogens is 1. The van der Waals surface area contributed by atoms with Crippen LogP contribution >= 0.6 is 11.6 Å². The van der Waals surface area contributed by atoms with E-state index in [2.05, 4.69) is 10.3 Å². The summed E-state index contributed by atoms with van der Waals surface area (Å²) >= 11 is 5.85. The van der Waals surface area contributed by atoms with Gasteiger partial charge in [-0.25, -0.2) is 4.79 Å². The molecule has 1 aliphatic rings. The Kier molecular flexibility index (Phi) is 6.23. The van der Waals surface area contributed by atoms with Gasteiger partial charge in [0.05, 0.1) is 5.56 Å². The van der Waals surface area contributed by atoms with Crippen LogP contribution in [0.15, 0.2) is 48.8 Å². The number of ether oxygens (including phenoxy) is 1. The number of hydrogen-bond acceptors (Lipinski definition) is 4. The molecule has 2 aromatic rings. The van der Waals surface area contributed by atoms with E-state index < -0.39 is 12.1 Å². The van der Waals surface area contributed by atoms with E-state index in [0.717, 1.165) is 25.7 Å². The van der Waals surface area contributed by atoms with Crippen molar-refractivity contribution in [1.82, 2.24) is 10.3 Å². The van der Waals surface area contributed by atoms with E-state index in [1.165, 1.54) is 6.42 Å². The van der Waals surface area contributed by atoms with Crippen LogP contribution in [0.5, 0.6) is 0 Å². The van der Waals surface area contributed by atoms with E-state index >= 15 is 0 Å². The molecule has 1 saturated carbocycles. The first-order valence-electron chi connectivity index (χ1n) is 8.80. The Labute approximate surface area is 157 Å². The van der Waals surface area contributed by atoms with Crippen LogP contribution in [-0.4, -0.2) is 22.9 Å². The molecule has 0 radical (unpaired) electrons. The molecule has 0 aliphatic heterocycles. The number of nitrogens with one attached hydrogen (secondary N) is 1. The van der Waals surface area contributed by atoms with Crippen LogP contribution in [0.4, 0.5) is 0 Å². The number of nitrogens with zero attached hydrogens (tertiary/aromatic N) is 1. The van der Waals surface area contributed by atoms with Crippen molar-refractivity contribution in [2.75, 3.05) is 0 Å². The third-order valence-electron chi connectivity index (χ3n) is 4.50. The van der Waals surface area contributed by atoms with Gasteiger partial charge in [-0.3, -0.25) is 9.78 Å². The maximum atomic E-state index is 12.8. The third kappa shape index (κ3) is 4.82. The van der Waals surface area contributed by atoms with Crippen molar-refractivity contribution in [3.63, 3.8) is 0 Å². The van der Waals surface area contributed by atoms with Gasteiger partial charge in [0.2, 0.25) is 6.10 Å². The van der Waals surface area contributed by atoms with Gasteiger partial charge >= 0.3 is 5.97 Å². The van der Waals surface area contributed by atoms with E-state index in [4.69, 9.17) is 16.3 Å². The molecule has 1 atom stereocenters. The molecule has 26 heavy (non-hydrogen) atoms. The molecular weight excluding hydrogens is 352 g/mol. The molecule has 1 aromatic carbocycles. The first-order chi connectivity index (χ1) is 12.6. The van der Waals surface area contributed by atoms with Crippen LogP contribution in [0.2, 0.25) is 5.02 Å². The Bertz CT molecular complexity index is 743. The fraction of sp³-hybridized carbons (Fsp3) is 0.350. The molecule has 5 nitrogen and oxygen atoms in total. The van der Waals surface area contributed by atoms with Crippen molar-refractivity contribution in [3.8, 4) is 0 Å². The molecule has 6 heteroatoms. The number of carbonyl (C=O) groups is 2. The number of pyridine rings is 1. The first-order valence-corrected chi connectivity index (χ1v) is 9.18. The number of halogens is 1. The zero-order valence-electron chi connectivity index (χ0n) is 14.4. The predicted molar refractivity (Wildman–Crippen MR) is 98.9 cm³/mol. The van der Waals surface area contributed by atoms with E-state index in [1.807, 2.05) is 0 Å². The van der Waals surface area contributed by atoms with Crippen molar-refractivity contribution in [1.29, 1.82) is 0 Å². The minimum atomic E-state index is -1.01. The Morgan fingerprint density at radius 2 is 1.69 bits per heavy atom. The lowest BCUT2D eigenvalue weighted by Gasteiger charge is -2.25. The summed E-state index contributed by atoms with van der Waals surface area (Å²) in [5, 5.41) is 3.56. The maximum Gasteiger partial charge on any atom is 0.339 e. The van der Waals surface area contributed by atoms with Crippen molar-refractivity contribution in [2.24, 2.45) is 0 Å². The van der Waals surface area contributed by atoms with Gasteiger partial charge in [-0.1, -0.05) is 30.9 Å². The minimum absolute atomic E-state index is 0.134. The summed E-state index contributed by atoms with van der Waals surface area (Å²) in [6.07, 6.45) is 7.47. The van der Waals surface area contributed by atoms with Gasteiger partial charge in [0, 0.05) is 29.0 Å². The lowest BCUT2D eigenvalue weighted by molar-refractivity contribution is -0.131. The minimum Gasteiger partial charge on any atom is -0.444 e. The Balaban J connectivity index is 1.75. The highest BCUT2D eigenvalue weighted by atomic mass is 35.5. The summed E-state index contributed by atoms with van der Waals surface area (Å²) in [4.78, 5) is 29.2. The second-order valence-corrected chi connectivity index (χ2v) is 6.85. The SMILES string of the molecule is O=C(OC(C(=O)NC1CCCCC1)c1ccncc1)c1ccc(Cl)cc1. The highest BCUT2D eigenvalue weighted by Crippen LogP contribution is 2.23. The van der Waals surface area contributed by atoms with Crippen molar-refractivity contribution in [3.05, 3.63) is 64.9 Å². The molecule has 0 saturated heterocycles. The standard InChI is InChI=1S/C20H21ClN2O3/c21-16-8-6-15(7-9-16)20(25)26-18(14-10-12-22-13-11-14)19(24)23-17-4-2-1-3-5-17/h6-13,17-18H,1-5H2,(H,23,24). The monoisotopic (exact) mass is 372 g/mol. The van der Waals surface area contributed by atoms with E-state index in [9.17, 15) is 9.59 Å². The van der Waals surface area contributed by atoms with Gasteiger partial charge in [0.15, 0.2) is 0 Å². The first kappa shape index (κ1) is 18.4. The fourth-order valence-electron chi connectivity index (χ4n) is 3.10. The quantitative estimate of drug-likeness (QED) is 0.803. The van der Waals surface area contributed by atoms with Gasteiger partial charge in [-0.05, 0) is 49.2 Å². The number of benzene rings is 1. The fourth-order valence-corrected chi connectivity index (χ4v) is 3.22. The molecule has 1 heterocycles. The summed E-state index contributed by atoms with van der Waals surface area (Å²) in [5.74, 6) is -0.868. The topological polar surface area (TPSA) is 68.3 Å². The van der Waals surface area contributed by atoms with Crippen LogP contribution in [-0.2, 0) is 9.53 Å². The van der Waals surface area contributed by atoms with Crippen LogP contribution in [0.3, 0.4) is 0 Å². The van der Waals surface area contributed by atoms with E-state index in [0.29, 0.717) is 16.1 Å². The summed E-state index contributed by atoms with van der Waals surface area (Å²) in [6, 6.07) is 9.87. The zero-order valence-corrected chi connectivity index (χ0v) is 15.1. The lowest BCUT2D eigenvalue weighted by atomic mass is 9.95. The van der Waals surface area contributed by atoms with Crippen LogP contribution < -0.4 is 5.32 Å². The number of amides is 1. The number of rotatable bonds is 5. The molecule has 3 rings (SSSR count). The second-order valence-electron chi connectivity index (χ2n) is 6.42. The van der Waals surface area contributed by atoms with Crippen LogP contribution in [0, 0.1) is 0 Å². The normalized spacial score (nSPS) is 15.9. The van der Waals surface area contributed by atoms with Gasteiger partial charge in [-0.15, -0.1) is 0 Å². The number of hydrogen-bond donors (Lipinski definition) is 1. The van der Waals surface area contributed by atoms with Gasteiger partial charge in [0.1, 0.15) is 0 Å². The summed E-state index contributed by atoms with van der Waals surface area (Å²) in [7, 11) is 0. The summed E-state index contributed by atoms with van der Waals surface area (Å²) in [6.45, 7) is 0. The van der Waals surface area contributed by atoms with Gasteiger partial charge in [0.25, 0.3) is 5.91 Å². The van der Waals surface area contributed by atoms with Gasteiger partial charge < -0.3 is 10.1 Å². The molecule has 1 N–H and O–H groups in total. The molecule has 0 spiro atoms. The highest BCUT2D eigenvalue weighted by molar-refractivity contribution is 6.30. The van der Waals surface area contributed by atoms with E-state index in [1.54, 1.807) is 48.8 Å². The summed E-state index contributed by atoms with van der Waals surface area (Å²) in [5.41, 5.74) is 0.939. The van der Waals surface area contributed by atoms with E-state index in [-0.39, 0.29) is 11.9 Å². The van der Waals surface area contributed by atoms with Crippen molar-refractivity contribution >= 4 is 23.5 Å². The van der Waals surface area contributed by atoms with Crippen molar-refractivity contribution < 1.29 is 14.3 Å². The number of esters is 1. The molecule has 1 unspecified atom stereocenters. The lowest BCUT2D eigenvalue weighted by Crippen LogP contribution is -2.40. The smallest absolute Gasteiger partial charge is 0.339 e. The molecule has 1 aliphatic carbocycles. The molecule has 1 aromatic heterocycles. The molecule has 1 fully saturated rings. The van der Waals surface area contributed by atoms with Crippen LogP contribution in [0.1, 0.15) is 54.1 Å². The average Bonchev–Trinajstić information content (AvgIpc) is 2.68. The molecule has 136 valence electrons. The Morgan fingerprint density at radius 3 is 2.35 bits per heavy atom. The number of carbonyl (C=O) groups excluding carboxylic acids is 2. The summed E-state index contributed by atoms with van der Waals surface area (Å²) < 4.78 is 5.54. The Hall–Kier alpha value is -2.40. The van der Waals surface area contributed by atoms with Gasteiger partial charge in [-0.2, -0.15) is 0 Å².